The van der Waals surface area contributed by atoms with Crippen LogP contribution in [0.5, 0.6) is 0 Å². The Kier molecular flexibility index (Phi) is 9.25. The van der Waals surface area contributed by atoms with E-state index in [9.17, 15) is 9.18 Å². The zero-order chi connectivity index (χ0) is 22.1. The Morgan fingerprint density at radius 3 is 2.52 bits per heavy atom. The molecule has 2 heterocycles. The van der Waals surface area contributed by atoms with E-state index in [0.29, 0.717) is 12.8 Å². The second-order valence-corrected chi connectivity index (χ2v) is 9.28. The van der Waals surface area contributed by atoms with Crippen molar-refractivity contribution < 1.29 is 9.18 Å². The van der Waals surface area contributed by atoms with Gasteiger partial charge in [-0.2, -0.15) is 4.37 Å². The van der Waals surface area contributed by atoms with Gasteiger partial charge in [-0.15, -0.1) is 0 Å². The highest BCUT2D eigenvalue weighted by Gasteiger charge is 2.28. The van der Waals surface area contributed by atoms with Crippen molar-refractivity contribution in [3.8, 4) is 0 Å². The molecule has 1 saturated heterocycles. The van der Waals surface area contributed by atoms with Gasteiger partial charge >= 0.3 is 0 Å². The van der Waals surface area contributed by atoms with Crippen molar-refractivity contribution in [3.63, 3.8) is 0 Å². The monoisotopic (exact) mass is 446 g/mol. The number of aromatic nitrogens is 2. The molecule has 5 nitrogen and oxygen atoms in total. The van der Waals surface area contributed by atoms with Gasteiger partial charge in [-0.1, -0.05) is 57.6 Å². The average molecular weight is 447 g/mol. The van der Waals surface area contributed by atoms with Gasteiger partial charge in [0.25, 0.3) is 0 Å². The number of piperazine rings is 1. The van der Waals surface area contributed by atoms with Gasteiger partial charge < -0.3 is 9.80 Å². The fourth-order valence-corrected chi connectivity index (χ4v) is 4.83. The van der Waals surface area contributed by atoms with Crippen LogP contribution in [0.1, 0.15) is 76.6 Å². The van der Waals surface area contributed by atoms with E-state index in [1.807, 2.05) is 4.90 Å². The molecular weight excluding hydrogens is 411 g/mol. The zero-order valence-corrected chi connectivity index (χ0v) is 19.7. The fraction of sp³-hybridized carbons (Fsp3) is 0.625. The third kappa shape index (κ3) is 7.27. The lowest BCUT2D eigenvalue weighted by Crippen LogP contribution is -2.54. The van der Waals surface area contributed by atoms with Crippen molar-refractivity contribution in [3.05, 3.63) is 41.5 Å². The Balaban J connectivity index is 1.42. The first-order valence-electron chi connectivity index (χ1n) is 11.7. The van der Waals surface area contributed by atoms with Gasteiger partial charge in [-0.05, 0) is 31.0 Å². The summed E-state index contributed by atoms with van der Waals surface area (Å²) in [4.78, 5) is 21.6. The molecule has 0 aliphatic carbocycles. The number of anilines is 1. The van der Waals surface area contributed by atoms with Gasteiger partial charge in [-0.3, -0.25) is 4.79 Å². The van der Waals surface area contributed by atoms with Crippen LogP contribution in [-0.4, -0.2) is 45.8 Å². The van der Waals surface area contributed by atoms with Crippen LogP contribution in [0.3, 0.4) is 0 Å². The van der Waals surface area contributed by atoms with Crippen LogP contribution >= 0.6 is 11.5 Å². The number of hydrogen-bond donors (Lipinski definition) is 0. The highest BCUT2D eigenvalue weighted by Crippen LogP contribution is 2.23. The summed E-state index contributed by atoms with van der Waals surface area (Å²) in [7, 11) is 0. The minimum absolute atomic E-state index is 0.176. The SMILES string of the molecule is CCCCCCCCCC(=O)N1CCN(c2nc(Cc3ccc(F)cc3)ns2)CC1C. The van der Waals surface area contributed by atoms with E-state index in [2.05, 4.69) is 28.1 Å². The first-order valence-corrected chi connectivity index (χ1v) is 12.5. The molecule has 1 aliphatic rings. The van der Waals surface area contributed by atoms with E-state index in [4.69, 9.17) is 0 Å². The van der Waals surface area contributed by atoms with E-state index >= 15 is 0 Å². The molecule has 1 aromatic heterocycles. The summed E-state index contributed by atoms with van der Waals surface area (Å²) in [6, 6.07) is 6.65. The van der Waals surface area contributed by atoms with Crippen LogP contribution in [0.4, 0.5) is 9.52 Å². The van der Waals surface area contributed by atoms with Gasteiger partial charge in [0.1, 0.15) is 11.6 Å². The molecule has 31 heavy (non-hydrogen) atoms. The van der Waals surface area contributed by atoms with Gasteiger partial charge in [0.15, 0.2) is 0 Å². The third-order valence-corrected chi connectivity index (χ3v) is 6.76. The number of nitrogens with zero attached hydrogens (tertiary/aromatic N) is 4. The third-order valence-electron chi connectivity index (χ3n) is 5.95. The minimum atomic E-state index is -0.232. The van der Waals surface area contributed by atoms with Crippen LogP contribution in [-0.2, 0) is 11.2 Å². The van der Waals surface area contributed by atoms with Crippen LogP contribution < -0.4 is 4.90 Å². The van der Waals surface area contributed by atoms with E-state index in [0.717, 1.165) is 49.0 Å². The molecule has 1 unspecified atom stereocenters. The molecule has 1 fully saturated rings. The number of carbonyl (C=O) groups is 1. The van der Waals surface area contributed by atoms with E-state index < -0.39 is 0 Å². The predicted octanol–water partition coefficient (Wildman–Crippen LogP) is 5.45. The lowest BCUT2D eigenvalue weighted by Gasteiger charge is -2.39. The molecular formula is C24H35FN4OS. The summed E-state index contributed by atoms with van der Waals surface area (Å²) < 4.78 is 17.6. The minimum Gasteiger partial charge on any atom is -0.343 e. The molecule has 1 aliphatic heterocycles. The van der Waals surface area contributed by atoms with Gasteiger partial charge in [0, 0.05) is 50.1 Å². The molecule has 0 N–H and O–H groups in total. The largest absolute Gasteiger partial charge is 0.343 e. The summed E-state index contributed by atoms with van der Waals surface area (Å²) in [5, 5.41) is 0.906. The van der Waals surface area contributed by atoms with Gasteiger partial charge in [-0.25, -0.2) is 9.37 Å². The summed E-state index contributed by atoms with van der Waals surface area (Å²) in [5.74, 6) is 0.815. The van der Waals surface area contributed by atoms with Crippen LogP contribution in [0.2, 0.25) is 0 Å². The predicted molar refractivity (Wildman–Crippen MR) is 125 cm³/mol. The second kappa shape index (κ2) is 12.1. The topological polar surface area (TPSA) is 49.3 Å². The van der Waals surface area contributed by atoms with Crippen molar-refractivity contribution >= 4 is 22.6 Å². The Morgan fingerprint density at radius 1 is 1.10 bits per heavy atom. The van der Waals surface area contributed by atoms with Crippen molar-refractivity contribution in [2.75, 3.05) is 24.5 Å². The van der Waals surface area contributed by atoms with Crippen molar-refractivity contribution in [2.45, 2.75) is 77.7 Å². The molecule has 170 valence electrons. The summed E-state index contributed by atoms with van der Waals surface area (Å²) >= 11 is 1.40. The van der Waals surface area contributed by atoms with Gasteiger partial charge in [0.05, 0.1) is 0 Å². The highest BCUT2D eigenvalue weighted by atomic mass is 32.1. The van der Waals surface area contributed by atoms with E-state index in [1.54, 1.807) is 12.1 Å². The van der Waals surface area contributed by atoms with Crippen LogP contribution in [0.15, 0.2) is 24.3 Å². The second-order valence-electron chi connectivity index (χ2n) is 8.55. The number of rotatable bonds is 11. The lowest BCUT2D eigenvalue weighted by molar-refractivity contribution is -0.133. The lowest BCUT2D eigenvalue weighted by atomic mass is 10.1. The van der Waals surface area contributed by atoms with Crippen molar-refractivity contribution in [1.29, 1.82) is 0 Å². The van der Waals surface area contributed by atoms with E-state index in [1.165, 1.54) is 55.8 Å². The van der Waals surface area contributed by atoms with Crippen LogP contribution in [0, 0.1) is 5.82 Å². The maximum absolute atomic E-state index is 13.1. The molecule has 3 rings (SSSR count). The quantitative estimate of drug-likeness (QED) is 0.431. The number of carbonyl (C=O) groups excluding carboxylic acids is 1. The first kappa shape index (κ1) is 23.6. The molecule has 1 atom stereocenters. The maximum Gasteiger partial charge on any atom is 0.222 e. The standard InChI is InChI=1S/C24H35FN4OS/c1-3-4-5-6-7-8-9-10-23(30)29-16-15-28(18-19(29)2)24-26-22(27-31-24)17-20-11-13-21(25)14-12-20/h11-14,19H,3-10,15-18H2,1-2H3. The van der Waals surface area contributed by atoms with Crippen molar-refractivity contribution in [1.82, 2.24) is 14.3 Å². The Bertz CT molecular complexity index is 810. The Morgan fingerprint density at radius 2 is 1.81 bits per heavy atom. The number of benzene rings is 1. The molecule has 0 saturated carbocycles. The van der Waals surface area contributed by atoms with Crippen molar-refractivity contribution in [2.24, 2.45) is 0 Å². The fourth-order valence-electron chi connectivity index (χ4n) is 4.11. The number of unbranched alkanes of at least 4 members (excludes halogenated alkanes) is 6. The molecule has 0 bridgehead atoms. The first-order chi connectivity index (χ1) is 15.1. The molecule has 0 spiro atoms. The summed E-state index contributed by atoms with van der Waals surface area (Å²) in [6.45, 7) is 6.67. The van der Waals surface area contributed by atoms with Gasteiger partial charge in [0.2, 0.25) is 11.0 Å². The Hall–Kier alpha value is -2.02. The summed E-state index contributed by atoms with van der Waals surface area (Å²) in [5.41, 5.74) is 1.000. The van der Waals surface area contributed by atoms with Crippen LogP contribution in [0.25, 0.3) is 0 Å². The smallest absolute Gasteiger partial charge is 0.222 e. The molecule has 1 aromatic carbocycles. The maximum atomic E-state index is 13.1. The normalized spacial score (nSPS) is 16.7. The van der Waals surface area contributed by atoms with E-state index in [-0.39, 0.29) is 17.8 Å². The zero-order valence-electron chi connectivity index (χ0n) is 18.9. The number of amides is 1. The molecule has 7 heteroatoms. The molecule has 1 amide bonds. The summed E-state index contributed by atoms with van der Waals surface area (Å²) in [6.07, 6.45) is 9.88. The number of halogens is 1. The molecule has 2 aromatic rings. The average Bonchev–Trinajstić information content (AvgIpc) is 3.23. The number of hydrogen-bond acceptors (Lipinski definition) is 5. The highest BCUT2D eigenvalue weighted by molar-refractivity contribution is 7.09. The molecule has 0 radical (unpaired) electrons. The Labute approximate surface area is 189 Å².